The lowest BCUT2D eigenvalue weighted by molar-refractivity contribution is -0.118. The zero-order valence-electron chi connectivity index (χ0n) is 17.8. The molecule has 0 radical (unpaired) electrons. The predicted molar refractivity (Wildman–Crippen MR) is 126 cm³/mol. The second-order valence-electron chi connectivity index (χ2n) is 7.73. The van der Waals surface area contributed by atoms with Gasteiger partial charge in [-0.15, -0.1) is 0 Å². The minimum atomic E-state index is 0.220. The van der Waals surface area contributed by atoms with Crippen LogP contribution in [0.4, 0.5) is 0 Å². The van der Waals surface area contributed by atoms with Crippen molar-refractivity contribution in [1.82, 2.24) is 4.98 Å². The van der Waals surface area contributed by atoms with Gasteiger partial charge in [-0.25, -0.2) is 0 Å². The van der Waals surface area contributed by atoms with Crippen LogP contribution < -0.4 is 4.74 Å². The van der Waals surface area contributed by atoms with Gasteiger partial charge >= 0.3 is 0 Å². The van der Waals surface area contributed by atoms with Crippen LogP contribution in [0.25, 0.3) is 11.1 Å². The molecule has 4 aromatic rings. The summed E-state index contributed by atoms with van der Waals surface area (Å²) < 4.78 is 6.07. The Bertz CT molecular complexity index is 1170. The summed E-state index contributed by atoms with van der Waals surface area (Å²) in [5, 5.41) is 9.79. The average molecular weight is 424 g/mol. The number of phenolic OH excluding ortho intramolecular Hbond substituents is 1. The number of carbonyl (C=O) groups is 1. The molecule has 1 N–H and O–H groups in total. The quantitative estimate of drug-likeness (QED) is 0.371. The second kappa shape index (κ2) is 10.4. The minimum absolute atomic E-state index is 0.220. The second-order valence-corrected chi connectivity index (χ2v) is 7.73. The molecule has 0 fully saturated rings. The molecular weight excluding hydrogens is 398 g/mol. The van der Waals surface area contributed by atoms with Gasteiger partial charge in [-0.1, -0.05) is 60.7 Å². The Morgan fingerprint density at radius 2 is 1.66 bits per heavy atom. The third-order valence-electron chi connectivity index (χ3n) is 5.28. The van der Waals surface area contributed by atoms with E-state index in [1.807, 2.05) is 72.8 Å². The number of carbonyl (C=O) groups excluding carboxylic acids is 1. The first-order chi connectivity index (χ1) is 15.7. The van der Waals surface area contributed by atoms with E-state index in [4.69, 9.17) is 4.74 Å². The fraction of sp³-hybridized carbons (Fsp3) is 0.143. The van der Waals surface area contributed by atoms with E-state index in [0.29, 0.717) is 19.4 Å². The minimum Gasteiger partial charge on any atom is -0.508 e. The van der Waals surface area contributed by atoms with Crippen LogP contribution in [0, 0.1) is 0 Å². The number of pyridine rings is 1. The predicted octanol–water partition coefficient (Wildman–Crippen LogP) is 5.78. The lowest BCUT2D eigenvalue weighted by atomic mass is 10.0. The van der Waals surface area contributed by atoms with Crippen molar-refractivity contribution in [2.24, 2.45) is 0 Å². The normalized spacial score (nSPS) is 10.6. The van der Waals surface area contributed by atoms with Crippen molar-refractivity contribution in [1.29, 1.82) is 0 Å². The fourth-order valence-corrected chi connectivity index (χ4v) is 3.56. The molecule has 1 heterocycles. The maximum atomic E-state index is 12.3. The number of phenols is 1. The lowest BCUT2D eigenvalue weighted by Gasteiger charge is -2.12. The molecule has 0 aliphatic rings. The summed E-state index contributed by atoms with van der Waals surface area (Å²) in [5.74, 6) is 1.20. The first kappa shape index (κ1) is 21.3. The summed E-state index contributed by atoms with van der Waals surface area (Å²) in [6.07, 6.45) is 5.21. The number of aromatic nitrogens is 1. The third-order valence-corrected chi connectivity index (χ3v) is 5.28. The Morgan fingerprint density at radius 3 is 2.44 bits per heavy atom. The number of ether oxygens (including phenoxy) is 1. The SMILES string of the molecule is O=C(CCc1cccnc1)Cc1ccc(COc2ccccc2-c2cccc(O)c2)cc1. The Balaban J connectivity index is 1.33. The zero-order valence-corrected chi connectivity index (χ0v) is 17.8. The first-order valence-electron chi connectivity index (χ1n) is 10.7. The number of aryl methyl sites for hydroxylation is 1. The highest BCUT2D eigenvalue weighted by Crippen LogP contribution is 2.32. The van der Waals surface area contributed by atoms with Gasteiger partial charge < -0.3 is 9.84 Å². The van der Waals surface area contributed by atoms with Crippen LogP contribution in [-0.2, 0) is 24.2 Å². The number of Topliss-reactive ketones (excluding diaryl/α,β-unsaturated/α-hetero) is 1. The van der Waals surface area contributed by atoms with E-state index < -0.39 is 0 Å². The van der Waals surface area contributed by atoms with Gasteiger partial charge in [-0.2, -0.15) is 0 Å². The Kier molecular flexibility index (Phi) is 6.93. The highest BCUT2D eigenvalue weighted by Gasteiger charge is 2.08. The van der Waals surface area contributed by atoms with Gasteiger partial charge in [-0.05, 0) is 52.9 Å². The number of hydrogen-bond donors (Lipinski definition) is 1. The van der Waals surface area contributed by atoms with Crippen molar-refractivity contribution in [3.63, 3.8) is 0 Å². The van der Waals surface area contributed by atoms with Gasteiger partial charge in [0.05, 0.1) is 0 Å². The van der Waals surface area contributed by atoms with Crippen molar-refractivity contribution in [2.45, 2.75) is 25.9 Å². The molecule has 0 unspecified atom stereocenters. The summed E-state index contributed by atoms with van der Waals surface area (Å²) in [5.41, 5.74) is 4.95. The number of rotatable bonds is 9. The number of nitrogens with zero attached hydrogens (tertiary/aromatic N) is 1. The van der Waals surface area contributed by atoms with Crippen molar-refractivity contribution in [2.75, 3.05) is 0 Å². The van der Waals surface area contributed by atoms with Crippen molar-refractivity contribution < 1.29 is 14.6 Å². The Hall–Kier alpha value is -3.92. The standard InChI is InChI=1S/C28H25NO3/c30-25-7-3-6-24(18-25)27-8-1-2-9-28(27)32-20-23-12-10-21(11-13-23)17-26(31)15-14-22-5-4-16-29-19-22/h1-13,16,18-19,30H,14-15,17,20H2. The topological polar surface area (TPSA) is 59.4 Å². The smallest absolute Gasteiger partial charge is 0.137 e. The van der Waals surface area contributed by atoms with Crippen LogP contribution in [0.3, 0.4) is 0 Å². The third kappa shape index (κ3) is 5.82. The largest absolute Gasteiger partial charge is 0.508 e. The average Bonchev–Trinajstić information content (AvgIpc) is 2.83. The zero-order chi connectivity index (χ0) is 22.2. The summed E-state index contributed by atoms with van der Waals surface area (Å²) in [7, 11) is 0. The molecule has 4 nitrogen and oxygen atoms in total. The fourth-order valence-electron chi connectivity index (χ4n) is 3.56. The van der Waals surface area contributed by atoms with Gasteiger partial charge in [0.25, 0.3) is 0 Å². The molecule has 32 heavy (non-hydrogen) atoms. The van der Waals surface area contributed by atoms with Crippen LogP contribution >= 0.6 is 0 Å². The van der Waals surface area contributed by atoms with E-state index in [1.165, 1.54) is 0 Å². The molecule has 0 saturated carbocycles. The Labute approximate surface area is 188 Å². The molecule has 4 rings (SSSR count). The molecular formula is C28H25NO3. The van der Waals surface area contributed by atoms with Crippen molar-refractivity contribution in [3.05, 3.63) is 114 Å². The molecule has 0 aliphatic heterocycles. The molecule has 4 heteroatoms. The van der Waals surface area contributed by atoms with Crippen LogP contribution in [0.2, 0.25) is 0 Å². The number of aromatic hydroxyl groups is 1. The summed E-state index contributed by atoms with van der Waals surface area (Å²) in [4.78, 5) is 16.4. The molecule has 0 spiro atoms. The molecule has 0 aliphatic carbocycles. The highest BCUT2D eigenvalue weighted by molar-refractivity contribution is 5.81. The number of ketones is 1. The van der Waals surface area contributed by atoms with E-state index in [0.717, 1.165) is 40.0 Å². The molecule has 0 amide bonds. The van der Waals surface area contributed by atoms with Crippen LogP contribution in [0.15, 0.2) is 97.3 Å². The molecule has 160 valence electrons. The number of hydrogen-bond acceptors (Lipinski definition) is 4. The maximum Gasteiger partial charge on any atom is 0.137 e. The highest BCUT2D eigenvalue weighted by atomic mass is 16.5. The number of benzene rings is 3. The molecule has 0 bridgehead atoms. The van der Waals surface area contributed by atoms with E-state index in [1.54, 1.807) is 24.5 Å². The monoisotopic (exact) mass is 423 g/mol. The number of para-hydroxylation sites is 1. The summed E-state index contributed by atoms with van der Waals surface area (Å²) >= 11 is 0. The van der Waals surface area contributed by atoms with Crippen molar-refractivity contribution in [3.8, 4) is 22.6 Å². The van der Waals surface area contributed by atoms with Gasteiger partial charge in [0.1, 0.15) is 23.9 Å². The van der Waals surface area contributed by atoms with E-state index in [9.17, 15) is 9.90 Å². The van der Waals surface area contributed by atoms with E-state index in [2.05, 4.69) is 4.98 Å². The van der Waals surface area contributed by atoms with E-state index >= 15 is 0 Å². The Morgan fingerprint density at radius 1 is 0.844 bits per heavy atom. The summed E-state index contributed by atoms with van der Waals surface area (Å²) in [6.45, 7) is 0.422. The van der Waals surface area contributed by atoms with Gasteiger partial charge in [-0.3, -0.25) is 9.78 Å². The van der Waals surface area contributed by atoms with Gasteiger partial charge in [0, 0.05) is 30.8 Å². The van der Waals surface area contributed by atoms with Crippen molar-refractivity contribution >= 4 is 5.78 Å². The molecule has 0 saturated heterocycles. The van der Waals surface area contributed by atoms with Gasteiger partial charge in [0.2, 0.25) is 0 Å². The molecule has 1 aromatic heterocycles. The lowest BCUT2D eigenvalue weighted by Crippen LogP contribution is -2.05. The van der Waals surface area contributed by atoms with Crippen LogP contribution in [-0.4, -0.2) is 15.9 Å². The first-order valence-corrected chi connectivity index (χ1v) is 10.7. The van der Waals surface area contributed by atoms with Crippen LogP contribution in [0.1, 0.15) is 23.1 Å². The molecule has 0 atom stereocenters. The maximum absolute atomic E-state index is 12.3. The van der Waals surface area contributed by atoms with Gasteiger partial charge in [0.15, 0.2) is 0 Å². The van der Waals surface area contributed by atoms with E-state index in [-0.39, 0.29) is 11.5 Å². The summed E-state index contributed by atoms with van der Waals surface area (Å²) in [6, 6.07) is 26.8. The molecule has 3 aromatic carbocycles. The van der Waals surface area contributed by atoms with Crippen LogP contribution in [0.5, 0.6) is 11.5 Å².